The highest BCUT2D eigenvalue weighted by atomic mass is 16.5. The smallest absolute Gasteiger partial charge is 0.222 e. The van der Waals surface area contributed by atoms with E-state index in [2.05, 4.69) is 0 Å². The first-order chi connectivity index (χ1) is 12.6. The Kier molecular flexibility index (Phi) is 7.80. The standard InChI is InChI=1S/C21H27NO4/c1-17-9-4-5-10-18(17)25-15-8-13-21(23)22(2)14-16-26-20-12-7-6-11-19(20)24-3/h4-7,9-12H,8,13-16H2,1-3H3. The largest absolute Gasteiger partial charge is 0.493 e. The third-order valence-corrected chi connectivity index (χ3v) is 4.07. The number of hydrogen-bond acceptors (Lipinski definition) is 4. The number of rotatable bonds is 10. The number of amides is 1. The third-order valence-electron chi connectivity index (χ3n) is 4.07. The SMILES string of the molecule is COc1ccccc1OCCN(C)C(=O)CCCOc1ccccc1C. The van der Waals surface area contributed by atoms with Crippen LogP contribution in [0.3, 0.4) is 0 Å². The van der Waals surface area contributed by atoms with Crippen LogP contribution in [0.5, 0.6) is 17.2 Å². The highest BCUT2D eigenvalue weighted by molar-refractivity contribution is 5.75. The van der Waals surface area contributed by atoms with E-state index in [-0.39, 0.29) is 5.91 Å². The van der Waals surface area contributed by atoms with Gasteiger partial charge in [-0.1, -0.05) is 30.3 Å². The van der Waals surface area contributed by atoms with Gasteiger partial charge in [-0.2, -0.15) is 0 Å². The summed E-state index contributed by atoms with van der Waals surface area (Å²) in [6, 6.07) is 15.4. The molecule has 0 fully saturated rings. The fourth-order valence-corrected chi connectivity index (χ4v) is 2.47. The van der Waals surface area contributed by atoms with Crippen molar-refractivity contribution < 1.29 is 19.0 Å². The predicted molar refractivity (Wildman–Crippen MR) is 102 cm³/mol. The molecule has 0 heterocycles. The lowest BCUT2D eigenvalue weighted by Gasteiger charge is -2.18. The summed E-state index contributed by atoms with van der Waals surface area (Å²) in [6.07, 6.45) is 1.14. The molecule has 5 nitrogen and oxygen atoms in total. The molecule has 2 aromatic rings. The second-order valence-corrected chi connectivity index (χ2v) is 6.03. The molecule has 0 saturated heterocycles. The molecule has 0 bridgehead atoms. The summed E-state index contributed by atoms with van der Waals surface area (Å²) in [5.41, 5.74) is 1.10. The fraction of sp³-hybridized carbons (Fsp3) is 0.381. The molecule has 0 saturated carbocycles. The molecule has 0 aliphatic rings. The Balaban J connectivity index is 1.65. The summed E-state index contributed by atoms with van der Waals surface area (Å²) >= 11 is 0. The molecule has 0 unspecified atom stereocenters. The van der Waals surface area contributed by atoms with E-state index in [1.165, 1.54) is 0 Å². The number of para-hydroxylation sites is 3. The lowest BCUT2D eigenvalue weighted by atomic mass is 10.2. The van der Waals surface area contributed by atoms with Crippen LogP contribution in [-0.4, -0.2) is 44.7 Å². The van der Waals surface area contributed by atoms with Crippen LogP contribution in [0.25, 0.3) is 0 Å². The summed E-state index contributed by atoms with van der Waals surface area (Å²) in [5.74, 6) is 2.33. The van der Waals surface area contributed by atoms with Gasteiger partial charge in [-0.25, -0.2) is 0 Å². The van der Waals surface area contributed by atoms with Crippen LogP contribution in [0.1, 0.15) is 18.4 Å². The topological polar surface area (TPSA) is 48.0 Å². The first-order valence-electron chi connectivity index (χ1n) is 8.80. The first kappa shape index (κ1) is 19.6. The van der Waals surface area contributed by atoms with Crippen molar-refractivity contribution in [2.45, 2.75) is 19.8 Å². The number of methoxy groups -OCH3 is 1. The van der Waals surface area contributed by atoms with Crippen LogP contribution >= 0.6 is 0 Å². The van der Waals surface area contributed by atoms with Crippen molar-refractivity contribution in [2.24, 2.45) is 0 Å². The predicted octanol–water partition coefficient (Wildman–Crippen LogP) is 3.70. The first-order valence-corrected chi connectivity index (χ1v) is 8.80. The molecule has 0 aliphatic heterocycles. The van der Waals surface area contributed by atoms with Crippen LogP contribution in [0.2, 0.25) is 0 Å². The minimum Gasteiger partial charge on any atom is -0.493 e. The maximum atomic E-state index is 12.2. The minimum absolute atomic E-state index is 0.0852. The van der Waals surface area contributed by atoms with Crippen LogP contribution < -0.4 is 14.2 Å². The molecule has 1 amide bonds. The van der Waals surface area contributed by atoms with Gasteiger partial charge in [0.1, 0.15) is 12.4 Å². The average Bonchev–Trinajstić information content (AvgIpc) is 2.66. The van der Waals surface area contributed by atoms with Crippen molar-refractivity contribution in [3.63, 3.8) is 0 Å². The number of aryl methyl sites for hydroxylation is 1. The molecule has 0 spiro atoms. The summed E-state index contributed by atoms with van der Waals surface area (Å²) in [7, 11) is 3.40. The van der Waals surface area contributed by atoms with E-state index >= 15 is 0 Å². The van der Waals surface area contributed by atoms with Crippen molar-refractivity contribution in [3.8, 4) is 17.2 Å². The quantitative estimate of drug-likeness (QED) is 0.608. The van der Waals surface area contributed by atoms with E-state index in [9.17, 15) is 4.79 Å². The molecule has 5 heteroatoms. The van der Waals surface area contributed by atoms with Gasteiger partial charge in [0.2, 0.25) is 5.91 Å². The molecule has 2 aromatic carbocycles. The summed E-state index contributed by atoms with van der Waals surface area (Å²) in [4.78, 5) is 13.9. The Hall–Kier alpha value is -2.69. The van der Waals surface area contributed by atoms with Gasteiger partial charge in [0.05, 0.1) is 20.3 Å². The Morgan fingerprint density at radius 1 is 0.923 bits per heavy atom. The molecule has 0 aromatic heterocycles. The van der Waals surface area contributed by atoms with E-state index in [4.69, 9.17) is 14.2 Å². The second-order valence-electron chi connectivity index (χ2n) is 6.03. The molecule has 0 N–H and O–H groups in total. The average molecular weight is 357 g/mol. The van der Waals surface area contributed by atoms with E-state index in [0.29, 0.717) is 44.1 Å². The Bertz CT molecular complexity index is 702. The van der Waals surface area contributed by atoms with Crippen molar-refractivity contribution in [1.29, 1.82) is 0 Å². The zero-order chi connectivity index (χ0) is 18.8. The third kappa shape index (κ3) is 5.99. The maximum Gasteiger partial charge on any atom is 0.222 e. The van der Waals surface area contributed by atoms with Gasteiger partial charge in [-0.05, 0) is 37.1 Å². The number of carbonyl (C=O) groups excluding carboxylic acids is 1. The highest BCUT2D eigenvalue weighted by Crippen LogP contribution is 2.25. The van der Waals surface area contributed by atoms with Crippen molar-refractivity contribution in [2.75, 3.05) is 33.9 Å². The molecule has 2 rings (SSSR count). The van der Waals surface area contributed by atoms with Crippen molar-refractivity contribution in [1.82, 2.24) is 4.90 Å². The van der Waals surface area contributed by atoms with Gasteiger partial charge in [-0.3, -0.25) is 4.79 Å². The fourth-order valence-electron chi connectivity index (χ4n) is 2.47. The maximum absolute atomic E-state index is 12.2. The minimum atomic E-state index is 0.0852. The molecule has 0 atom stereocenters. The number of likely N-dealkylation sites (N-methyl/N-ethyl adjacent to an activating group) is 1. The number of benzene rings is 2. The van der Waals surface area contributed by atoms with Crippen LogP contribution in [0.4, 0.5) is 0 Å². The number of hydrogen-bond donors (Lipinski definition) is 0. The number of nitrogens with zero attached hydrogens (tertiary/aromatic N) is 1. The number of ether oxygens (including phenoxy) is 3. The van der Waals surface area contributed by atoms with E-state index in [1.807, 2.05) is 55.5 Å². The molecule has 140 valence electrons. The number of carbonyl (C=O) groups is 1. The normalized spacial score (nSPS) is 10.3. The van der Waals surface area contributed by atoms with Gasteiger partial charge in [0.15, 0.2) is 11.5 Å². The summed E-state index contributed by atoms with van der Waals surface area (Å²) < 4.78 is 16.7. The van der Waals surface area contributed by atoms with Gasteiger partial charge in [0, 0.05) is 13.5 Å². The van der Waals surface area contributed by atoms with E-state index < -0.39 is 0 Å². The summed E-state index contributed by atoms with van der Waals surface area (Å²) in [5, 5.41) is 0. The molecular formula is C21H27NO4. The zero-order valence-corrected chi connectivity index (χ0v) is 15.7. The highest BCUT2D eigenvalue weighted by Gasteiger charge is 2.10. The van der Waals surface area contributed by atoms with E-state index in [0.717, 1.165) is 11.3 Å². The molecule has 0 radical (unpaired) electrons. The Labute approximate surface area is 155 Å². The van der Waals surface area contributed by atoms with Crippen LogP contribution in [0.15, 0.2) is 48.5 Å². The van der Waals surface area contributed by atoms with Crippen molar-refractivity contribution in [3.05, 3.63) is 54.1 Å². The molecular weight excluding hydrogens is 330 g/mol. The lowest BCUT2D eigenvalue weighted by Crippen LogP contribution is -2.31. The Morgan fingerprint density at radius 2 is 1.54 bits per heavy atom. The van der Waals surface area contributed by atoms with Crippen LogP contribution in [-0.2, 0) is 4.79 Å². The monoisotopic (exact) mass is 357 g/mol. The van der Waals surface area contributed by atoms with Gasteiger partial charge in [0.25, 0.3) is 0 Å². The Morgan fingerprint density at radius 3 is 2.23 bits per heavy atom. The van der Waals surface area contributed by atoms with E-state index in [1.54, 1.807) is 19.1 Å². The zero-order valence-electron chi connectivity index (χ0n) is 15.7. The second kappa shape index (κ2) is 10.3. The van der Waals surface area contributed by atoms with Gasteiger partial charge < -0.3 is 19.1 Å². The van der Waals surface area contributed by atoms with Gasteiger partial charge >= 0.3 is 0 Å². The molecule has 0 aliphatic carbocycles. The lowest BCUT2D eigenvalue weighted by molar-refractivity contribution is -0.130. The van der Waals surface area contributed by atoms with Gasteiger partial charge in [-0.15, -0.1) is 0 Å². The molecule has 26 heavy (non-hydrogen) atoms. The summed E-state index contributed by atoms with van der Waals surface area (Å²) in [6.45, 7) is 3.48. The van der Waals surface area contributed by atoms with Crippen molar-refractivity contribution >= 4 is 5.91 Å². The van der Waals surface area contributed by atoms with Crippen LogP contribution in [0, 0.1) is 6.92 Å².